The summed E-state index contributed by atoms with van der Waals surface area (Å²) in [6.07, 6.45) is 17.5. The van der Waals surface area contributed by atoms with Crippen LogP contribution in [0.1, 0.15) is 88.5 Å². The molecule has 0 amide bonds. The standard InChI is InChI=1S/C25H34F4/c26-15-5-3-1-2-4-6-18-7-9-19(10-8-18)20-11-13-21(14-12-20)22-16-23(27)25(29)24(28)17-22/h1,3,16-21H,2,4-15H2/t18-,19-,20-,21-. The van der Waals surface area contributed by atoms with Crippen molar-refractivity contribution in [1.29, 1.82) is 0 Å². The molecule has 2 aliphatic rings. The van der Waals surface area contributed by atoms with Crippen LogP contribution in [0.2, 0.25) is 0 Å². The van der Waals surface area contributed by atoms with E-state index >= 15 is 0 Å². The Bertz CT molecular complexity index is 630. The number of unbranched alkanes of at least 4 members (excludes halogenated alkanes) is 1. The average molecular weight is 411 g/mol. The molecule has 162 valence electrons. The normalized spacial score (nSPS) is 28.1. The Balaban J connectivity index is 1.38. The lowest BCUT2D eigenvalue weighted by Crippen LogP contribution is -2.25. The maximum Gasteiger partial charge on any atom is 0.194 e. The van der Waals surface area contributed by atoms with Gasteiger partial charge in [0.1, 0.15) is 0 Å². The second-order valence-corrected chi connectivity index (χ2v) is 9.07. The Morgan fingerprint density at radius 1 is 0.759 bits per heavy atom. The van der Waals surface area contributed by atoms with Gasteiger partial charge in [0.05, 0.1) is 6.67 Å². The summed E-state index contributed by atoms with van der Waals surface area (Å²) in [6.45, 7) is -0.264. The van der Waals surface area contributed by atoms with Gasteiger partial charge in [0.15, 0.2) is 17.5 Å². The van der Waals surface area contributed by atoms with E-state index in [1.807, 2.05) is 6.08 Å². The molecule has 0 aromatic heterocycles. The van der Waals surface area contributed by atoms with Gasteiger partial charge in [-0.3, -0.25) is 4.39 Å². The van der Waals surface area contributed by atoms with Crippen LogP contribution in [0, 0.1) is 35.2 Å². The highest BCUT2D eigenvalue weighted by Crippen LogP contribution is 2.44. The van der Waals surface area contributed by atoms with Crippen LogP contribution in [0.5, 0.6) is 0 Å². The van der Waals surface area contributed by atoms with Gasteiger partial charge in [0.2, 0.25) is 0 Å². The van der Waals surface area contributed by atoms with E-state index in [2.05, 4.69) is 6.08 Å². The predicted octanol–water partition coefficient (Wildman–Crippen LogP) is 8.27. The first-order chi connectivity index (χ1) is 14.1. The summed E-state index contributed by atoms with van der Waals surface area (Å²) < 4.78 is 52.3. The van der Waals surface area contributed by atoms with Gasteiger partial charge in [-0.05, 0) is 99.2 Å². The van der Waals surface area contributed by atoms with E-state index in [0.717, 1.165) is 49.9 Å². The van der Waals surface area contributed by atoms with Gasteiger partial charge in [-0.2, -0.15) is 0 Å². The van der Waals surface area contributed by atoms with Gasteiger partial charge < -0.3 is 0 Å². The lowest BCUT2D eigenvalue weighted by Gasteiger charge is -2.38. The van der Waals surface area contributed by atoms with E-state index in [-0.39, 0.29) is 12.6 Å². The minimum absolute atomic E-state index is 0.151. The van der Waals surface area contributed by atoms with Crippen molar-refractivity contribution in [3.8, 4) is 0 Å². The summed E-state index contributed by atoms with van der Waals surface area (Å²) in [5.41, 5.74) is 0.615. The molecule has 2 fully saturated rings. The minimum atomic E-state index is -1.37. The molecule has 1 aromatic carbocycles. The van der Waals surface area contributed by atoms with Crippen molar-refractivity contribution in [2.45, 2.75) is 83.0 Å². The minimum Gasteiger partial charge on any atom is -0.251 e. The maximum atomic E-state index is 13.5. The zero-order valence-corrected chi connectivity index (χ0v) is 17.3. The van der Waals surface area contributed by atoms with Crippen molar-refractivity contribution in [3.63, 3.8) is 0 Å². The molecule has 4 heteroatoms. The van der Waals surface area contributed by atoms with Gasteiger partial charge in [0, 0.05) is 0 Å². The molecule has 0 saturated heterocycles. The predicted molar refractivity (Wildman–Crippen MR) is 110 cm³/mol. The van der Waals surface area contributed by atoms with E-state index in [1.54, 1.807) is 0 Å². The molecule has 3 rings (SSSR count). The smallest absolute Gasteiger partial charge is 0.194 e. The number of hydrogen-bond acceptors (Lipinski definition) is 0. The molecule has 0 heterocycles. The third kappa shape index (κ3) is 6.33. The van der Waals surface area contributed by atoms with Crippen molar-refractivity contribution in [1.82, 2.24) is 0 Å². The molecule has 2 aliphatic carbocycles. The first-order valence-electron chi connectivity index (χ1n) is 11.4. The van der Waals surface area contributed by atoms with Gasteiger partial charge in [-0.25, -0.2) is 13.2 Å². The molecule has 2 saturated carbocycles. The zero-order chi connectivity index (χ0) is 20.6. The zero-order valence-electron chi connectivity index (χ0n) is 17.3. The van der Waals surface area contributed by atoms with Crippen molar-refractivity contribution < 1.29 is 17.6 Å². The second kappa shape index (κ2) is 11.2. The van der Waals surface area contributed by atoms with E-state index in [1.165, 1.54) is 50.7 Å². The number of alkyl halides is 1. The van der Waals surface area contributed by atoms with Crippen LogP contribution in [-0.4, -0.2) is 6.67 Å². The summed E-state index contributed by atoms with van der Waals surface area (Å²) in [5, 5.41) is 0. The highest BCUT2D eigenvalue weighted by atomic mass is 19.2. The highest BCUT2D eigenvalue weighted by molar-refractivity contribution is 5.23. The summed E-state index contributed by atoms with van der Waals surface area (Å²) in [7, 11) is 0. The van der Waals surface area contributed by atoms with E-state index in [0.29, 0.717) is 12.0 Å². The van der Waals surface area contributed by atoms with E-state index in [9.17, 15) is 17.6 Å². The van der Waals surface area contributed by atoms with Crippen LogP contribution in [-0.2, 0) is 0 Å². The molecule has 0 unspecified atom stereocenters. The largest absolute Gasteiger partial charge is 0.251 e. The molecular weight excluding hydrogens is 376 g/mol. The van der Waals surface area contributed by atoms with Crippen molar-refractivity contribution in [3.05, 3.63) is 47.3 Å². The molecular formula is C25H34F4. The summed E-state index contributed by atoms with van der Waals surface area (Å²) in [5.74, 6) is -1.00. The van der Waals surface area contributed by atoms with Crippen LogP contribution >= 0.6 is 0 Å². The fraction of sp³-hybridized carbons (Fsp3) is 0.680. The van der Waals surface area contributed by atoms with Crippen molar-refractivity contribution in [2.24, 2.45) is 17.8 Å². The molecule has 0 nitrogen and oxygen atoms in total. The number of hydrogen-bond donors (Lipinski definition) is 0. The van der Waals surface area contributed by atoms with Crippen molar-refractivity contribution >= 4 is 0 Å². The van der Waals surface area contributed by atoms with Crippen LogP contribution in [0.3, 0.4) is 0 Å². The summed E-state index contributed by atoms with van der Waals surface area (Å²) in [6, 6.07) is 2.36. The molecule has 1 aromatic rings. The van der Waals surface area contributed by atoms with Crippen molar-refractivity contribution in [2.75, 3.05) is 6.67 Å². The van der Waals surface area contributed by atoms with Crippen LogP contribution in [0.4, 0.5) is 17.6 Å². The summed E-state index contributed by atoms with van der Waals surface area (Å²) >= 11 is 0. The van der Waals surface area contributed by atoms with Gasteiger partial charge >= 0.3 is 0 Å². The Morgan fingerprint density at radius 2 is 1.31 bits per heavy atom. The molecule has 0 radical (unpaired) electrons. The van der Waals surface area contributed by atoms with E-state index in [4.69, 9.17) is 0 Å². The molecule has 0 N–H and O–H groups in total. The number of allylic oxidation sites excluding steroid dienone is 2. The fourth-order valence-corrected chi connectivity index (χ4v) is 5.51. The third-order valence-corrected chi connectivity index (χ3v) is 7.23. The van der Waals surface area contributed by atoms with Gasteiger partial charge in [-0.15, -0.1) is 0 Å². The number of rotatable bonds is 8. The lowest BCUT2D eigenvalue weighted by atomic mass is 9.68. The molecule has 0 atom stereocenters. The monoisotopic (exact) mass is 410 g/mol. The highest BCUT2D eigenvalue weighted by Gasteiger charge is 2.31. The first kappa shape index (κ1) is 22.4. The van der Waals surface area contributed by atoms with Gasteiger partial charge in [-0.1, -0.05) is 31.4 Å². The number of halogens is 4. The third-order valence-electron chi connectivity index (χ3n) is 7.23. The lowest BCUT2D eigenvalue weighted by molar-refractivity contribution is 0.156. The van der Waals surface area contributed by atoms with E-state index < -0.39 is 17.5 Å². The first-order valence-corrected chi connectivity index (χ1v) is 11.4. The van der Waals surface area contributed by atoms with Gasteiger partial charge in [0.25, 0.3) is 0 Å². The maximum absolute atomic E-state index is 13.5. The molecule has 0 spiro atoms. The fourth-order valence-electron chi connectivity index (χ4n) is 5.51. The Labute approximate surface area is 172 Å². The molecule has 29 heavy (non-hydrogen) atoms. The van der Waals surface area contributed by atoms with Crippen LogP contribution in [0.15, 0.2) is 24.3 Å². The Hall–Kier alpha value is -1.32. The SMILES string of the molecule is FCCC=CCCC[C@H]1CC[C@H]([C@H]2CC[C@H](c3cc(F)c(F)c(F)c3)CC2)CC1. The molecule has 0 aliphatic heterocycles. The topological polar surface area (TPSA) is 0 Å². The number of benzene rings is 1. The Morgan fingerprint density at radius 3 is 1.90 bits per heavy atom. The average Bonchev–Trinajstić information content (AvgIpc) is 2.75. The summed E-state index contributed by atoms with van der Waals surface area (Å²) in [4.78, 5) is 0. The Kier molecular flexibility index (Phi) is 8.62. The second-order valence-electron chi connectivity index (χ2n) is 9.07. The molecule has 0 bridgehead atoms. The van der Waals surface area contributed by atoms with Crippen LogP contribution < -0.4 is 0 Å². The quantitative estimate of drug-likeness (QED) is 0.175. The van der Waals surface area contributed by atoms with Crippen LogP contribution in [0.25, 0.3) is 0 Å².